The van der Waals surface area contributed by atoms with E-state index in [-0.39, 0.29) is 11.2 Å². The molecule has 4 nitrogen and oxygen atoms in total. The summed E-state index contributed by atoms with van der Waals surface area (Å²) < 4.78 is 0. The SMILES string of the molecule is CC(C)(C)CN(Cc1ccc(CCCS)cc1)c1ccnc(C#N)n1. The fraction of sp³-hybridized carbons (Fsp3) is 0.450. The molecule has 0 saturated carbocycles. The smallest absolute Gasteiger partial charge is 0.234 e. The molecule has 0 fully saturated rings. The topological polar surface area (TPSA) is 52.8 Å². The Kier molecular flexibility index (Phi) is 6.83. The van der Waals surface area contributed by atoms with E-state index in [0.29, 0.717) is 0 Å². The minimum Gasteiger partial charge on any atom is -0.352 e. The maximum absolute atomic E-state index is 9.07. The van der Waals surface area contributed by atoms with Crippen molar-refractivity contribution < 1.29 is 0 Å². The summed E-state index contributed by atoms with van der Waals surface area (Å²) in [4.78, 5) is 10.6. The molecular weight excluding hydrogens is 328 g/mol. The van der Waals surface area contributed by atoms with Crippen molar-refractivity contribution in [1.29, 1.82) is 5.26 Å². The van der Waals surface area contributed by atoms with Gasteiger partial charge in [0.2, 0.25) is 5.82 Å². The van der Waals surface area contributed by atoms with Crippen molar-refractivity contribution in [3.05, 3.63) is 53.5 Å². The molecule has 0 aliphatic carbocycles. The second-order valence-corrected chi connectivity index (χ2v) is 7.86. The first-order valence-corrected chi connectivity index (χ1v) is 9.21. The molecule has 0 spiro atoms. The molecule has 0 bridgehead atoms. The standard InChI is InChI=1S/C20H26N4S/c1-20(2,3)15-24(19-10-11-22-18(13-21)23-19)14-17-8-6-16(7-9-17)5-4-12-25/h6-11,25H,4-5,12,14-15H2,1-3H3. The Morgan fingerprint density at radius 1 is 1.12 bits per heavy atom. The van der Waals surface area contributed by atoms with E-state index >= 15 is 0 Å². The number of nitriles is 1. The summed E-state index contributed by atoms with van der Waals surface area (Å²) in [6.45, 7) is 8.20. The van der Waals surface area contributed by atoms with Crippen LogP contribution in [0.4, 0.5) is 5.82 Å². The zero-order valence-corrected chi connectivity index (χ0v) is 16.1. The summed E-state index contributed by atoms with van der Waals surface area (Å²) in [7, 11) is 0. The summed E-state index contributed by atoms with van der Waals surface area (Å²) in [5, 5.41) is 9.07. The average Bonchev–Trinajstić information content (AvgIpc) is 2.59. The largest absolute Gasteiger partial charge is 0.352 e. The van der Waals surface area contributed by atoms with Crippen LogP contribution in [-0.4, -0.2) is 22.3 Å². The molecule has 0 radical (unpaired) electrons. The van der Waals surface area contributed by atoms with Crippen molar-refractivity contribution >= 4 is 18.4 Å². The number of aryl methyl sites for hydroxylation is 1. The van der Waals surface area contributed by atoms with Gasteiger partial charge >= 0.3 is 0 Å². The van der Waals surface area contributed by atoms with Crippen LogP contribution in [0.5, 0.6) is 0 Å². The Morgan fingerprint density at radius 3 is 2.40 bits per heavy atom. The molecule has 5 heteroatoms. The van der Waals surface area contributed by atoms with Crippen LogP contribution >= 0.6 is 12.6 Å². The van der Waals surface area contributed by atoms with Gasteiger partial charge in [-0.3, -0.25) is 0 Å². The van der Waals surface area contributed by atoms with Crippen molar-refractivity contribution in [3.8, 4) is 6.07 Å². The molecule has 0 amide bonds. The van der Waals surface area contributed by atoms with Crippen molar-refractivity contribution in [3.63, 3.8) is 0 Å². The quantitative estimate of drug-likeness (QED) is 0.755. The highest BCUT2D eigenvalue weighted by Gasteiger charge is 2.18. The Hall–Kier alpha value is -2.06. The minimum absolute atomic E-state index is 0.115. The van der Waals surface area contributed by atoms with Gasteiger partial charge in [-0.1, -0.05) is 45.0 Å². The fourth-order valence-corrected chi connectivity index (χ4v) is 2.84. The Morgan fingerprint density at radius 2 is 1.80 bits per heavy atom. The van der Waals surface area contributed by atoms with Gasteiger partial charge in [-0.05, 0) is 41.2 Å². The number of anilines is 1. The molecule has 25 heavy (non-hydrogen) atoms. The zero-order chi connectivity index (χ0) is 18.3. The number of aromatic nitrogens is 2. The third-order valence-corrected chi connectivity index (χ3v) is 4.07. The van der Waals surface area contributed by atoms with E-state index in [1.165, 1.54) is 11.1 Å². The van der Waals surface area contributed by atoms with Gasteiger partial charge in [0, 0.05) is 19.3 Å². The second kappa shape index (κ2) is 8.87. The van der Waals surface area contributed by atoms with Crippen LogP contribution < -0.4 is 4.90 Å². The number of rotatable bonds is 7. The first kappa shape index (κ1) is 19.3. The summed E-state index contributed by atoms with van der Waals surface area (Å²) in [6.07, 6.45) is 3.81. The fourth-order valence-electron chi connectivity index (χ4n) is 2.68. The van der Waals surface area contributed by atoms with Gasteiger partial charge < -0.3 is 4.90 Å². The van der Waals surface area contributed by atoms with Gasteiger partial charge in [0.1, 0.15) is 11.9 Å². The Balaban J connectivity index is 2.19. The number of hydrogen-bond acceptors (Lipinski definition) is 5. The monoisotopic (exact) mass is 354 g/mol. The van der Waals surface area contributed by atoms with E-state index in [4.69, 9.17) is 5.26 Å². The zero-order valence-electron chi connectivity index (χ0n) is 15.2. The lowest BCUT2D eigenvalue weighted by Crippen LogP contribution is -2.33. The molecule has 0 saturated heterocycles. The molecule has 0 N–H and O–H groups in total. The van der Waals surface area contributed by atoms with Crippen LogP contribution in [-0.2, 0) is 13.0 Å². The maximum Gasteiger partial charge on any atom is 0.234 e. The van der Waals surface area contributed by atoms with E-state index in [0.717, 1.165) is 37.5 Å². The minimum atomic E-state index is 0.115. The van der Waals surface area contributed by atoms with Crippen molar-refractivity contribution in [2.24, 2.45) is 5.41 Å². The lowest BCUT2D eigenvalue weighted by Gasteiger charge is -2.31. The summed E-state index contributed by atoms with van der Waals surface area (Å²) >= 11 is 4.27. The molecule has 0 aliphatic heterocycles. The van der Waals surface area contributed by atoms with Crippen LogP contribution in [0.1, 0.15) is 44.1 Å². The predicted octanol–water partition coefficient (Wildman–Crippen LogP) is 4.26. The van der Waals surface area contributed by atoms with Gasteiger partial charge in [-0.2, -0.15) is 17.9 Å². The highest BCUT2D eigenvalue weighted by molar-refractivity contribution is 7.80. The van der Waals surface area contributed by atoms with Crippen LogP contribution in [0.3, 0.4) is 0 Å². The average molecular weight is 355 g/mol. The third kappa shape index (κ3) is 6.39. The molecule has 1 aromatic heterocycles. The molecular formula is C20H26N4S. The molecule has 2 rings (SSSR count). The molecule has 132 valence electrons. The van der Waals surface area contributed by atoms with E-state index in [9.17, 15) is 0 Å². The lowest BCUT2D eigenvalue weighted by molar-refractivity contribution is 0.407. The normalized spacial score (nSPS) is 11.2. The molecule has 1 heterocycles. The summed E-state index contributed by atoms with van der Waals surface area (Å²) in [6, 6.07) is 12.6. The molecule has 0 unspecified atom stereocenters. The first-order valence-electron chi connectivity index (χ1n) is 8.58. The number of thiol groups is 1. The van der Waals surface area contributed by atoms with Gasteiger partial charge in [0.15, 0.2) is 0 Å². The first-order chi connectivity index (χ1) is 11.9. The van der Waals surface area contributed by atoms with Crippen molar-refractivity contribution in [2.75, 3.05) is 17.2 Å². The molecule has 0 atom stereocenters. The van der Waals surface area contributed by atoms with E-state index in [1.807, 2.05) is 12.1 Å². The van der Waals surface area contributed by atoms with Crippen LogP contribution in [0.25, 0.3) is 0 Å². The highest BCUT2D eigenvalue weighted by atomic mass is 32.1. The molecule has 0 aliphatic rings. The van der Waals surface area contributed by atoms with Gasteiger partial charge in [-0.15, -0.1) is 0 Å². The molecule has 2 aromatic rings. The number of hydrogen-bond donors (Lipinski definition) is 1. The van der Waals surface area contributed by atoms with E-state index in [2.05, 4.69) is 72.5 Å². The molecule has 1 aromatic carbocycles. The van der Waals surface area contributed by atoms with Crippen LogP contribution in [0.15, 0.2) is 36.5 Å². The second-order valence-electron chi connectivity index (χ2n) is 7.41. The summed E-state index contributed by atoms with van der Waals surface area (Å²) in [5.41, 5.74) is 2.69. The van der Waals surface area contributed by atoms with Crippen LogP contribution in [0.2, 0.25) is 0 Å². The van der Waals surface area contributed by atoms with Gasteiger partial charge in [-0.25, -0.2) is 9.97 Å². The van der Waals surface area contributed by atoms with Crippen LogP contribution in [0, 0.1) is 16.7 Å². The van der Waals surface area contributed by atoms with Crippen molar-refractivity contribution in [2.45, 2.75) is 40.2 Å². The van der Waals surface area contributed by atoms with Gasteiger partial charge in [0.25, 0.3) is 0 Å². The van der Waals surface area contributed by atoms with E-state index in [1.54, 1.807) is 6.20 Å². The Labute approximate surface area is 156 Å². The third-order valence-electron chi connectivity index (χ3n) is 3.75. The summed E-state index contributed by atoms with van der Waals surface area (Å²) in [5.74, 6) is 1.91. The number of nitrogens with zero attached hydrogens (tertiary/aromatic N) is 4. The highest BCUT2D eigenvalue weighted by Crippen LogP contribution is 2.22. The Bertz CT molecular complexity index is 714. The maximum atomic E-state index is 9.07. The lowest BCUT2D eigenvalue weighted by atomic mass is 9.95. The van der Waals surface area contributed by atoms with Gasteiger partial charge in [0.05, 0.1) is 0 Å². The van der Waals surface area contributed by atoms with Crippen molar-refractivity contribution in [1.82, 2.24) is 9.97 Å². The van der Waals surface area contributed by atoms with E-state index < -0.39 is 0 Å². The predicted molar refractivity (Wildman–Crippen MR) is 106 cm³/mol. The number of benzene rings is 1.